The van der Waals surface area contributed by atoms with Gasteiger partial charge in [0, 0.05) is 24.5 Å². The molecule has 3 heteroatoms. The average molecular weight is 234 g/mol. The monoisotopic (exact) mass is 234 g/mol. The van der Waals surface area contributed by atoms with E-state index < -0.39 is 0 Å². The van der Waals surface area contributed by atoms with Crippen LogP contribution in [0, 0.1) is 0 Å². The number of ether oxygens (including phenoxy) is 1. The summed E-state index contributed by atoms with van der Waals surface area (Å²) >= 11 is 0. The van der Waals surface area contributed by atoms with Crippen molar-refractivity contribution in [3.8, 4) is 5.75 Å². The van der Waals surface area contributed by atoms with Gasteiger partial charge in [0.1, 0.15) is 5.75 Å². The molecule has 1 aromatic heterocycles. The van der Waals surface area contributed by atoms with E-state index in [0.717, 1.165) is 25.3 Å². The molecule has 2 heterocycles. The minimum atomic E-state index is 0.789. The lowest BCUT2D eigenvalue weighted by Crippen LogP contribution is -2.29. The summed E-state index contributed by atoms with van der Waals surface area (Å²) in [5, 5.41) is 0. The van der Waals surface area contributed by atoms with Gasteiger partial charge in [-0.3, -0.25) is 9.88 Å². The third kappa shape index (κ3) is 3.70. The molecule has 1 aliphatic heterocycles. The van der Waals surface area contributed by atoms with E-state index in [4.69, 9.17) is 4.74 Å². The standard InChI is InChI=1S/C14H22N2O/c1-2-10-17-14-6-7-15-11-13(14)12-16-8-4-3-5-9-16/h6-7,11H,2-5,8-10,12H2,1H3. The van der Waals surface area contributed by atoms with Crippen molar-refractivity contribution in [1.29, 1.82) is 0 Å². The zero-order valence-corrected chi connectivity index (χ0v) is 10.7. The Labute approximate surface area is 104 Å². The first-order chi connectivity index (χ1) is 8.40. The Balaban J connectivity index is 1.98. The van der Waals surface area contributed by atoms with Crippen molar-refractivity contribution >= 4 is 0 Å². The molecule has 0 spiro atoms. The summed E-state index contributed by atoms with van der Waals surface area (Å²) < 4.78 is 5.76. The van der Waals surface area contributed by atoms with E-state index in [9.17, 15) is 0 Å². The summed E-state index contributed by atoms with van der Waals surface area (Å²) in [5.41, 5.74) is 1.22. The third-order valence-electron chi connectivity index (χ3n) is 3.16. The highest BCUT2D eigenvalue weighted by molar-refractivity contribution is 5.30. The summed E-state index contributed by atoms with van der Waals surface area (Å²) in [6.45, 7) is 6.32. The summed E-state index contributed by atoms with van der Waals surface area (Å²) in [6, 6.07) is 1.98. The van der Waals surface area contributed by atoms with Gasteiger partial charge < -0.3 is 4.74 Å². The fourth-order valence-electron chi connectivity index (χ4n) is 2.24. The minimum absolute atomic E-state index is 0.789. The summed E-state index contributed by atoms with van der Waals surface area (Å²) in [6.07, 6.45) is 8.83. The zero-order valence-electron chi connectivity index (χ0n) is 10.7. The van der Waals surface area contributed by atoms with Crippen LogP contribution in [0.2, 0.25) is 0 Å². The first-order valence-electron chi connectivity index (χ1n) is 6.68. The fourth-order valence-corrected chi connectivity index (χ4v) is 2.24. The Morgan fingerprint density at radius 1 is 1.29 bits per heavy atom. The second-order valence-corrected chi connectivity index (χ2v) is 4.67. The molecular formula is C14H22N2O. The number of hydrogen-bond acceptors (Lipinski definition) is 3. The predicted molar refractivity (Wildman–Crippen MR) is 69.2 cm³/mol. The Hall–Kier alpha value is -1.09. The van der Waals surface area contributed by atoms with Gasteiger partial charge in [0.05, 0.1) is 6.61 Å². The summed E-state index contributed by atoms with van der Waals surface area (Å²) in [4.78, 5) is 6.71. The largest absolute Gasteiger partial charge is 0.493 e. The van der Waals surface area contributed by atoms with Gasteiger partial charge >= 0.3 is 0 Å². The Bertz CT molecular complexity index is 335. The molecule has 1 aliphatic rings. The highest BCUT2D eigenvalue weighted by Gasteiger charge is 2.13. The summed E-state index contributed by atoms with van der Waals surface area (Å²) in [7, 11) is 0. The molecule has 1 aromatic rings. The number of pyridine rings is 1. The smallest absolute Gasteiger partial charge is 0.126 e. The van der Waals surface area contributed by atoms with Crippen LogP contribution in [0.25, 0.3) is 0 Å². The second-order valence-electron chi connectivity index (χ2n) is 4.67. The Kier molecular flexibility index (Phi) is 4.80. The van der Waals surface area contributed by atoms with Crippen molar-refractivity contribution in [2.75, 3.05) is 19.7 Å². The van der Waals surface area contributed by atoms with Crippen LogP contribution in [0.3, 0.4) is 0 Å². The average Bonchev–Trinajstić information content (AvgIpc) is 2.39. The molecule has 94 valence electrons. The van der Waals surface area contributed by atoms with Gasteiger partial charge in [-0.05, 0) is 38.4 Å². The first-order valence-corrected chi connectivity index (χ1v) is 6.68. The fraction of sp³-hybridized carbons (Fsp3) is 0.643. The van der Waals surface area contributed by atoms with Crippen molar-refractivity contribution < 1.29 is 4.74 Å². The maximum atomic E-state index is 5.76. The Morgan fingerprint density at radius 3 is 2.88 bits per heavy atom. The van der Waals surface area contributed by atoms with Crippen LogP contribution in [-0.4, -0.2) is 29.6 Å². The van der Waals surface area contributed by atoms with E-state index in [1.165, 1.54) is 37.9 Å². The van der Waals surface area contributed by atoms with E-state index in [1.54, 1.807) is 0 Å². The first kappa shape index (κ1) is 12.4. The van der Waals surface area contributed by atoms with Crippen LogP contribution in [-0.2, 0) is 6.54 Å². The van der Waals surface area contributed by atoms with Crippen LogP contribution in [0.5, 0.6) is 5.75 Å². The molecule has 0 amide bonds. The molecule has 3 nitrogen and oxygen atoms in total. The van der Waals surface area contributed by atoms with Gasteiger partial charge in [0.25, 0.3) is 0 Å². The number of likely N-dealkylation sites (tertiary alicyclic amines) is 1. The lowest BCUT2D eigenvalue weighted by molar-refractivity contribution is 0.215. The van der Waals surface area contributed by atoms with Crippen molar-refractivity contribution in [3.05, 3.63) is 24.0 Å². The van der Waals surface area contributed by atoms with Gasteiger partial charge in [-0.15, -0.1) is 0 Å². The third-order valence-corrected chi connectivity index (χ3v) is 3.16. The van der Waals surface area contributed by atoms with Crippen molar-refractivity contribution in [1.82, 2.24) is 9.88 Å². The number of nitrogens with zero attached hydrogens (tertiary/aromatic N) is 2. The van der Waals surface area contributed by atoms with Crippen molar-refractivity contribution in [2.24, 2.45) is 0 Å². The molecule has 0 saturated carbocycles. The lowest BCUT2D eigenvalue weighted by Gasteiger charge is -2.26. The number of aromatic nitrogens is 1. The summed E-state index contributed by atoms with van der Waals surface area (Å²) in [5.74, 6) is 1.01. The molecule has 0 bridgehead atoms. The normalized spacial score (nSPS) is 17.0. The number of piperidine rings is 1. The highest BCUT2D eigenvalue weighted by Crippen LogP contribution is 2.20. The molecule has 0 radical (unpaired) electrons. The zero-order chi connectivity index (χ0) is 11.9. The van der Waals surface area contributed by atoms with E-state index in [2.05, 4.69) is 16.8 Å². The maximum absolute atomic E-state index is 5.76. The van der Waals surface area contributed by atoms with Gasteiger partial charge in [-0.2, -0.15) is 0 Å². The molecule has 0 aliphatic carbocycles. The van der Waals surface area contributed by atoms with E-state index in [1.807, 2.05) is 18.5 Å². The van der Waals surface area contributed by atoms with Gasteiger partial charge in [0.2, 0.25) is 0 Å². The van der Waals surface area contributed by atoms with E-state index in [0.29, 0.717) is 0 Å². The van der Waals surface area contributed by atoms with Crippen LogP contribution in [0.1, 0.15) is 38.2 Å². The lowest BCUT2D eigenvalue weighted by atomic mass is 10.1. The van der Waals surface area contributed by atoms with Crippen molar-refractivity contribution in [3.63, 3.8) is 0 Å². The molecular weight excluding hydrogens is 212 g/mol. The molecule has 2 rings (SSSR count). The van der Waals surface area contributed by atoms with Gasteiger partial charge in [0.15, 0.2) is 0 Å². The van der Waals surface area contributed by atoms with Crippen LogP contribution in [0.4, 0.5) is 0 Å². The molecule has 0 atom stereocenters. The van der Waals surface area contributed by atoms with E-state index in [-0.39, 0.29) is 0 Å². The van der Waals surface area contributed by atoms with Gasteiger partial charge in [-0.25, -0.2) is 0 Å². The van der Waals surface area contributed by atoms with Crippen LogP contribution < -0.4 is 4.74 Å². The quantitative estimate of drug-likeness (QED) is 0.783. The maximum Gasteiger partial charge on any atom is 0.126 e. The molecule has 0 N–H and O–H groups in total. The SMILES string of the molecule is CCCOc1ccncc1CN1CCCCC1. The molecule has 0 aromatic carbocycles. The van der Waals surface area contributed by atoms with E-state index >= 15 is 0 Å². The minimum Gasteiger partial charge on any atom is -0.493 e. The van der Waals surface area contributed by atoms with Gasteiger partial charge in [-0.1, -0.05) is 13.3 Å². The second kappa shape index (κ2) is 6.60. The number of hydrogen-bond donors (Lipinski definition) is 0. The van der Waals surface area contributed by atoms with Crippen LogP contribution >= 0.6 is 0 Å². The highest BCUT2D eigenvalue weighted by atomic mass is 16.5. The van der Waals surface area contributed by atoms with Crippen molar-refractivity contribution in [2.45, 2.75) is 39.2 Å². The molecule has 1 fully saturated rings. The molecule has 1 saturated heterocycles. The molecule has 17 heavy (non-hydrogen) atoms. The topological polar surface area (TPSA) is 25.4 Å². The van der Waals surface area contributed by atoms with Crippen LogP contribution in [0.15, 0.2) is 18.5 Å². The predicted octanol–water partition coefficient (Wildman–Crippen LogP) is 2.86. The number of rotatable bonds is 5. The Morgan fingerprint density at radius 2 is 2.12 bits per heavy atom. The molecule has 0 unspecified atom stereocenters.